The van der Waals surface area contributed by atoms with E-state index in [2.05, 4.69) is 53.8 Å². The fourth-order valence-corrected chi connectivity index (χ4v) is 4.23. The summed E-state index contributed by atoms with van der Waals surface area (Å²) in [7, 11) is 1.99. The van der Waals surface area contributed by atoms with Gasteiger partial charge in [-0.25, -0.2) is 9.97 Å². The van der Waals surface area contributed by atoms with Crippen LogP contribution in [0.3, 0.4) is 0 Å². The quantitative estimate of drug-likeness (QED) is 0.593. The highest BCUT2D eigenvalue weighted by atomic mass is 79.9. The third-order valence-corrected chi connectivity index (χ3v) is 5.87. The molecule has 30 heavy (non-hydrogen) atoms. The van der Waals surface area contributed by atoms with Crippen LogP contribution < -0.4 is 15.4 Å². The number of nitrogens with zero attached hydrogens (tertiary/aromatic N) is 4. The van der Waals surface area contributed by atoms with Crippen LogP contribution in [0, 0.1) is 0 Å². The van der Waals surface area contributed by atoms with Crippen LogP contribution in [0.25, 0.3) is 10.9 Å². The minimum Gasteiger partial charge on any atom is -0.489 e. The second-order valence-electron chi connectivity index (χ2n) is 7.76. The Kier molecular flexibility index (Phi) is 5.26. The normalized spacial score (nSPS) is 20.8. The lowest BCUT2D eigenvalue weighted by molar-refractivity contribution is 0.223. The van der Waals surface area contributed by atoms with Gasteiger partial charge in [0.15, 0.2) is 0 Å². The Labute approximate surface area is 183 Å². The Morgan fingerprint density at radius 3 is 2.97 bits per heavy atom. The van der Waals surface area contributed by atoms with Crippen LogP contribution in [0.5, 0.6) is 5.75 Å². The number of fused-ring (bicyclic) bond motifs is 1. The summed E-state index contributed by atoms with van der Waals surface area (Å²) in [5.74, 6) is 1.65. The molecule has 8 heteroatoms. The number of anilines is 2. The Morgan fingerprint density at radius 2 is 2.17 bits per heavy atom. The summed E-state index contributed by atoms with van der Waals surface area (Å²) in [5.41, 5.74) is 2.97. The number of rotatable bonds is 5. The van der Waals surface area contributed by atoms with Crippen molar-refractivity contribution in [1.29, 1.82) is 0 Å². The molecule has 0 saturated carbocycles. The van der Waals surface area contributed by atoms with Crippen LogP contribution >= 0.6 is 15.9 Å². The molecule has 2 aromatic carbocycles. The summed E-state index contributed by atoms with van der Waals surface area (Å²) in [4.78, 5) is 9.14. The van der Waals surface area contributed by atoms with Gasteiger partial charge in [0.1, 0.15) is 11.9 Å². The average molecular weight is 467 g/mol. The smallest absolute Gasteiger partial charge is 0.227 e. The first-order valence-corrected chi connectivity index (χ1v) is 10.9. The Hall–Kier alpha value is -2.71. The zero-order valence-corrected chi connectivity index (χ0v) is 18.3. The van der Waals surface area contributed by atoms with E-state index in [9.17, 15) is 0 Å². The van der Waals surface area contributed by atoms with E-state index in [0.717, 1.165) is 52.9 Å². The molecule has 7 nitrogen and oxygen atoms in total. The highest BCUT2D eigenvalue weighted by Crippen LogP contribution is 2.30. The lowest BCUT2D eigenvalue weighted by Gasteiger charge is -2.18. The average Bonchev–Trinajstić information content (AvgIpc) is 3.40. The van der Waals surface area contributed by atoms with E-state index >= 15 is 0 Å². The number of aromatic nitrogens is 2. The van der Waals surface area contributed by atoms with Gasteiger partial charge >= 0.3 is 0 Å². The molecule has 2 N–H and O–H groups in total. The minimum absolute atomic E-state index is 0.198. The Morgan fingerprint density at radius 1 is 1.23 bits per heavy atom. The maximum atomic E-state index is 6.26. The molecule has 0 bridgehead atoms. The zero-order chi connectivity index (χ0) is 20.5. The van der Waals surface area contributed by atoms with E-state index in [4.69, 9.17) is 4.74 Å². The summed E-state index contributed by atoms with van der Waals surface area (Å²) in [5, 5.41) is 14.1. The molecule has 1 fully saturated rings. The molecule has 3 heterocycles. The first kappa shape index (κ1) is 19.3. The molecule has 2 atom stereocenters. The van der Waals surface area contributed by atoms with Gasteiger partial charge in [0, 0.05) is 60.1 Å². The van der Waals surface area contributed by atoms with Gasteiger partial charge in [-0.2, -0.15) is 5.10 Å². The SMILES string of the molecule is CN1CC(c2cc(Nc3ncc4cc(Br)ccc4n3)cc(O[C@H]3CCNC3)c2)C=N1. The van der Waals surface area contributed by atoms with Gasteiger partial charge < -0.3 is 15.4 Å². The van der Waals surface area contributed by atoms with Crippen molar-refractivity contribution in [2.45, 2.75) is 18.4 Å². The molecule has 0 radical (unpaired) electrons. The minimum atomic E-state index is 0.198. The fourth-order valence-electron chi connectivity index (χ4n) is 3.86. The van der Waals surface area contributed by atoms with Crippen molar-refractivity contribution in [3.8, 4) is 5.75 Å². The molecule has 154 valence electrons. The number of ether oxygens (including phenoxy) is 1. The van der Waals surface area contributed by atoms with Crippen LogP contribution in [0.15, 0.2) is 52.2 Å². The number of hydrogen-bond donors (Lipinski definition) is 2. The van der Waals surface area contributed by atoms with Crippen molar-refractivity contribution >= 4 is 44.7 Å². The van der Waals surface area contributed by atoms with E-state index in [1.807, 2.05) is 48.7 Å². The predicted octanol–water partition coefficient (Wildman–Crippen LogP) is 3.89. The topological polar surface area (TPSA) is 74.7 Å². The van der Waals surface area contributed by atoms with Gasteiger partial charge in [-0.1, -0.05) is 15.9 Å². The van der Waals surface area contributed by atoms with Crippen LogP contribution in [-0.4, -0.2) is 54.0 Å². The van der Waals surface area contributed by atoms with Gasteiger partial charge in [0.25, 0.3) is 0 Å². The van der Waals surface area contributed by atoms with Gasteiger partial charge in [-0.05, 0) is 48.9 Å². The lowest BCUT2D eigenvalue weighted by Crippen LogP contribution is -2.20. The molecule has 2 aliphatic rings. The van der Waals surface area contributed by atoms with Crippen molar-refractivity contribution in [3.05, 3.63) is 52.6 Å². The molecule has 0 aliphatic carbocycles. The number of hydrazone groups is 1. The van der Waals surface area contributed by atoms with Crippen LogP contribution in [0.4, 0.5) is 11.6 Å². The number of likely N-dealkylation sites (N-methyl/N-ethyl adjacent to an activating group) is 1. The number of halogens is 1. The summed E-state index contributed by atoms with van der Waals surface area (Å²) < 4.78 is 7.27. The van der Waals surface area contributed by atoms with E-state index in [1.54, 1.807) is 0 Å². The fraction of sp³-hybridized carbons (Fsp3) is 0.318. The van der Waals surface area contributed by atoms with Crippen molar-refractivity contribution in [2.24, 2.45) is 5.10 Å². The van der Waals surface area contributed by atoms with Crippen LogP contribution in [-0.2, 0) is 0 Å². The first-order chi connectivity index (χ1) is 14.6. The van der Waals surface area contributed by atoms with E-state index in [0.29, 0.717) is 5.95 Å². The third-order valence-electron chi connectivity index (χ3n) is 5.38. The lowest BCUT2D eigenvalue weighted by atomic mass is 10.00. The molecule has 2 aliphatic heterocycles. The molecule has 1 saturated heterocycles. The molecule has 1 aromatic heterocycles. The van der Waals surface area contributed by atoms with Crippen LogP contribution in [0.1, 0.15) is 17.9 Å². The van der Waals surface area contributed by atoms with E-state index in [1.165, 1.54) is 5.56 Å². The van der Waals surface area contributed by atoms with Crippen molar-refractivity contribution < 1.29 is 4.74 Å². The Bertz CT molecular complexity index is 1100. The molecule has 1 unspecified atom stereocenters. The second-order valence-corrected chi connectivity index (χ2v) is 8.67. The standard InChI is InChI=1S/C22H23BrN6O/c1-29-13-16(11-26-29)14-7-18(9-20(8-14)30-19-4-5-24-12-19)27-22-25-10-15-6-17(23)2-3-21(15)28-22/h2-3,6-11,16,19,24H,4-5,12-13H2,1H3,(H,25,27,28)/t16?,19-/m0/s1. The summed E-state index contributed by atoms with van der Waals surface area (Å²) in [6, 6.07) is 12.2. The van der Waals surface area contributed by atoms with Gasteiger partial charge in [-0.3, -0.25) is 5.01 Å². The molecular formula is C22H23BrN6O. The van der Waals surface area contributed by atoms with E-state index < -0.39 is 0 Å². The maximum absolute atomic E-state index is 6.26. The number of hydrogen-bond acceptors (Lipinski definition) is 7. The van der Waals surface area contributed by atoms with E-state index in [-0.39, 0.29) is 12.0 Å². The zero-order valence-electron chi connectivity index (χ0n) is 16.7. The first-order valence-electron chi connectivity index (χ1n) is 10.1. The van der Waals surface area contributed by atoms with Crippen LogP contribution in [0.2, 0.25) is 0 Å². The highest BCUT2D eigenvalue weighted by Gasteiger charge is 2.21. The number of nitrogens with one attached hydrogen (secondary N) is 2. The molecule has 3 aromatic rings. The van der Waals surface area contributed by atoms with Gasteiger partial charge in [-0.15, -0.1) is 0 Å². The Balaban J connectivity index is 1.45. The molecule has 0 spiro atoms. The van der Waals surface area contributed by atoms with Crippen molar-refractivity contribution in [2.75, 3.05) is 32.0 Å². The second kappa shape index (κ2) is 8.20. The third kappa shape index (κ3) is 4.24. The van der Waals surface area contributed by atoms with Gasteiger partial charge in [0.2, 0.25) is 5.95 Å². The molecular weight excluding hydrogens is 444 g/mol. The summed E-state index contributed by atoms with van der Waals surface area (Å²) in [6.07, 6.45) is 5.04. The predicted molar refractivity (Wildman–Crippen MR) is 123 cm³/mol. The number of benzene rings is 2. The summed E-state index contributed by atoms with van der Waals surface area (Å²) in [6.45, 7) is 2.73. The van der Waals surface area contributed by atoms with Crippen molar-refractivity contribution in [1.82, 2.24) is 20.3 Å². The molecule has 5 rings (SSSR count). The monoisotopic (exact) mass is 466 g/mol. The van der Waals surface area contributed by atoms with Gasteiger partial charge in [0.05, 0.1) is 5.52 Å². The maximum Gasteiger partial charge on any atom is 0.227 e. The summed E-state index contributed by atoms with van der Waals surface area (Å²) >= 11 is 3.49. The van der Waals surface area contributed by atoms with Crippen molar-refractivity contribution in [3.63, 3.8) is 0 Å². The largest absolute Gasteiger partial charge is 0.489 e. The molecule has 0 amide bonds. The highest BCUT2D eigenvalue weighted by molar-refractivity contribution is 9.10.